The summed E-state index contributed by atoms with van der Waals surface area (Å²) in [6.45, 7) is 0.952. The van der Waals surface area contributed by atoms with Gasteiger partial charge in [0.2, 0.25) is 0 Å². The van der Waals surface area contributed by atoms with Gasteiger partial charge in [0.25, 0.3) is 11.5 Å². The molecule has 0 saturated carbocycles. The third kappa shape index (κ3) is 3.67. The molecule has 0 spiro atoms. The van der Waals surface area contributed by atoms with Crippen LogP contribution in [0, 0.1) is 5.92 Å². The number of hydrogen-bond donors (Lipinski definition) is 2. The smallest absolute Gasteiger partial charge is 0.271 e. The van der Waals surface area contributed by atoms with Crippen molar-refractivity contribution in [3.05, 3.63) is 82.3 Å². The molecule has 2 aromatic carbocycles. The van der Waals surface area contributed by atoms with Crippen LogP contribution in [-0.2, 0) is 0 Å². The first-order valence-electron chi connectivity index (χ1n) is 9.38. The van der Waals surface area contributed by atoms with Crippen LogP contribution in [-0.4, -0.2) is 39.9 Å². The van der Waals surface area contributed by atoms with E-state index in [2.05, 4.69) is 10.2 Å². The number of aromatic nitrogens is 2. The van der Waals surface area contributed by atoms with Gasteiger partial charge in [0.1, 0.15) is 5.69 Å². The highest BCUT2D eigenvalue weighted by molar-refractivity contribution is 5.99. The fourth-order valence-electron chi connectivity index (χ4n) is 3.69. The molecule has 1 aliphatic rings. The Morgan fingerprint density at radius 1 is 0.929 bits per heavy atom. The summed E-state index contributed by atoms with van der Waals surface area (Å²) in [7, 11) is 0. The van der Waals surface area contributed by atoms with Crippen LogP contribution in [0.15, 0.2) is 65.5 Å². The molecule has 1 saturated heterocycles. The highest BCUT2D eigenvalue weighted by Gasteiger charge is 2.30. The van der Waals surface area contributed by atoms with Crippen LogP contribution < -0.4 is 5.56 Å². The Morgan fingerprint density at radius 3 is 2.32 bits per heavy atom. The van der Waals surface area contributed by atoms with Crippen LogP contribution in [0.25, 0.3) is 11.1 Å². The zero-order chi connectivity index (χ0) is 19.5. The molecule has 3 aromatic rings. The molecule has 1 amide bonds. The second kappa shape index (κ2) is 7.68. The normalized spacial score (nSPS) is 16.7. The van der Waals surface area contributed by atoms with Gasteiger partial charge in [-0.3, -0.25) is 24.6 Å². The van der Waals surface area contributed by atoms with E-state index in [-0.39, 0.29) is 28.9 Å². The number of carbonyl (C=O) groups excluding carboxylic acids is 2. The SMILES string of the molecule is O=C(c1ccc(-c2ccccc2)cc1)[C@@H]1CCCN(C(=O)c2cc(=O)[nH][nH]2)C1. The van der Waals surface area contributed by atoms with Gasteiger partial charge in [-0.2, -0.15) is 0 Å². The average Bonchev–Trinajstić information content (AvgIpc) is 3.20. The van der Waals surface area contributed by atoms with E-state index >= 15 is 0 Å². The van der Waals surface area contributed by atoms with Gasteiger partial charge < -0.3 is 4.90 Å². The molecular formula is C22H21N3O3. The third-order valence-electron chi connectivity index (χ3n) is 5.18. The fourth-order valence-corrected chi connectivity index (χ4v) is 3.69. The molecule has 2 heterocycles. The number of Topliss-reactive ketones (excluding diaryl/α,β-unsaturated/α-hetero) is 1. The zero-order valence-electron chi connectivity index (χ0n) is 15.4. The van der Waals surface area contributed by atoms with Gasteiger partial charge in [-0.1, -0.05) is 54.6 Å². The Balaban J connectivity index is 1.47. The lowest BCUT2D eigenvalue weighted by Crippen LogP contribution is -2.42. The second-order valence-electron chi connectivity index (χ2n) is 7.07. The number of piperidine rings is 1. The van der Waals surface area contributed by atoms with Crippen LogP contribution in [0.2, 0.25) is 0 Å². The topological polar surface area (TPSA) is 86.0 Å². The predicted molar refractivity (Wildman–Crippen MR) is 106 cm³/mol. The van der Waals surface area contributed by atoms with Gasteiger partial charge in [0, 0.05) is 30.6 Å². The summed E-state index contributed by atoms with van der Waals surface area (Å²) in [5.41, 5.74) is 2.72. The molecule has 6 nitrogen and oxygen atoms in total. The van der Waals surface area contributed by atoms with Crippen LogP contribution in [0.4, 0.5) is 0 Å². The van der Waals surface area contributed by atoms with Crippen LogP contribution in [0.5, 0.6) is 0 Å². The van der Waals surface area contributed by atoms with Crippen molar-refractivity contribution in [2.24, 2.45) is 5.92 Å². The zero-order valence-corrected chi connectivity index (χ0v) is 15.4. The predicted octanol–water partition coefficient (Wildman–Crippen LogP) is 3.11. The summed E-state index contributed by atoms with van der Waals surface area (Å²) < 4.78 is 0. The number of hydrogen-bond acceptors (Lipinski definition) is 3. The minimum Gasteiger partial charge on any atom is -0.337 e. The average molecular weight is 375 g/mol. The van der Waals surface area contributed by atoms with Gasteiger partial charge in [-0.05, 0) is 24.0 Å². The molecule has 0 bridgehead atoms. The number of aromatic amines is 2. The maximum Gasteiger partial charge on any atom is 0.271 e. The molecule has 0 unspecified atom stereocenters. The highest BCUT2D eigenvalue weighted by atomic mass is 16.2. The Bertz CT molecular complexity index is 1030. The van der Waals surface area contributed by atoms with E-state index in [9.17, 15) is 14.4 Å². The van der Waals surface area contributed by atoms with Crippen molar-refractivity contribution in [3.8, 4) is 11.1 Å². The van der Waals surface area contributed by atoms with Gasteiger partial charge in [-0.15, -0.1) is 0 Å². The molecule has 1 aliphatic heterocycles. The minimum absolute atomic E-state index is 0.0553. The molecule has 142 valence electrons. The molecule has 0 radical (unpaired) electrons. The number of H-pyrrole nitrogens is 2. The van der Waals surface area contributed by atoms with Crippen LogP contribution in [0.1, 0.15) is 33.7 Å². The number of ketones is 1. The Kier molecular flexibility index (Phi) is 4.93. The molecular weight excluding hydrogens is 354 g/mol. The van der Waals surface area contributed by atoms with E-state index < -0.39 is 0 Å². The molecule has 28 heavy (non-hydrogen) atoms. The Hall–Kier alpha value is -3.41. The van der Waals surface area contributed by atoms with Crippen LogP contribution >= 0.6 is 0 Å². The maximum atomic E-state index is 13.0. The summed E-state index contributed by atoms with van der Waals surface area (Å²) in [6.07, 6.45) is 1.52. The van der Waals surface area contributed by atoms with E-state index in [4.69, 9.17) is 0 Å². The lowest BCUT2D eigenvalue weighted by molar-refractivity contribution is 0.0632. The quantitative estimate of drug-likeness (QED) is 0.687. The van der Waals surface area contributed by atoms with Gasteiger partial charge in [0.05, 0.1) is 0 Å². The van der Waals surface area contributed by atoms with Gasteiger partial charge >= 0.3 is 0 Å². The van der Waals surface area contributed by atoms with Crippen molar-refractivity contribution in [2.45, 2.75) is 12.8 Å². The van der Waals surface area contributed by atoms with E-state index in [1.807, 2.05) is 54.6 Å². The van der Waals surface area contributed by atoms with E-state index in [0.717, 1.165) is 24.0 Å². The molecule has 1 fully saturated rings. The Labute approximate surface area is 162 Å². The Morgan fingerprint density at radius 2 is 1.64 bits per heavy atom. The van der Waals surface area contributed by atoms with Crippen LogP contribution in [0.3, 0.4) is 0 Å². The summed E-state index contributed by atoms with van der Waals surface area (Å²) in [6, 6.07) is 18.9. The van der Waals surface area contributed by atoms with Crippen molar-refractivity contribution in [3.63, 3.8) is 0 Å². The first-order chi connectivity index (χ1) is 13.6. The second-order valence-corrected chi connectivity index (χ2v) is 7.07. The molecule has 2 N–H and O–H groups in total. The molecule has 1 aromatic heterocycles. The first-order valence-corrected chi connectivity index (χ1v) is 9.38. The largest absolute Gasteiger partial charge is 0.337 e. The number of carbonyl (C=O) groups is 2. The number of benzene rings is 2. The molecule has 1 atom stereocenters. The lowest BCUT2D eigenvalue weighted by atomic mass is 9.89. The van der Waals surface area contributed by atoms with Crippen molar-refractivity contribution in [1.82, 2.24) is 15.1 Å². The summed E-state index contributed by atoms with van der Waals surface area (Å²) in [5, 5.41) is 4.96. The summed E-state index contributed by atoms with van der Waals surface area (Å²) in [4.78, 5) is 38.4. The van der Waals surface area contributed by atoms with Crippen molar-refractivity contribution in [2.75, 3.05) is 13.1 Å². The standard InChI is InChI=1S/C22H21N3O3/c26-20-13-19(23-24-20)22(28)25-12-4-7-18(14-25)21(27)17-10-8-16(9-11-17)15-5-2-1-3-6-15/h1-3,5-6,8-11,13,18H,4,7,12,14H2,(H2,23,24,26)/t18-/m1/s1. The molecule has 6 heteroatoms. The maximum absolute atomic E-state index is 13.0. The van der Waals surface area contributed by atoms with Crippen molar-refractivity contribution in [1.29, 1.82) is 0 Å². The lowest BCUT2D eigenvalue weighted by Gasteiger charge is -2.31. The summed E-state index contributed by atoms with van der Waals surface area (Å²) in [5.74, 6) is -0.430. The first kappa shape index (κ1) is 18.0. The van der Waals surface area contributed by atoms with Gasteiger partial charge in [-0.25, -0.2) is 0 Å². The number of nitrogens with zero attached hydrogens (tertiary/aromatic N) is 1. The minimum atomic E-state index is -0.341. The van der Waals surface area contributed by atoms with E-state index in [1.54, 1.807) is 4.90 Å². The number of nitrogens with one attached hydrogen (secondary N) is 2. The monoisotopic (exact) mass is 375 g/mol. The van der Waals surface area contributed by atoms with Gasteiger partial charge in [0.15, 0.2) is 5.78 Å². The molecule has 4 rings (SSSR count). The molecule has 0 aliphatic carbocycles. The number of rotatable bonds is 4. The van der Waals surface area contributed by atoms with E-state index in [1.165, 1.54) is 6.07 Å². The highest BCUT2D eigenvalue weighted by Crippen LogP contribution is 2.24. The van der Waals surface area contributed by atoms with E-state index in [0.29, 0.717) is 18.7 Å². The summed E-state index contributed by atoms with van der Waals surface area (Å²) >= 11 is 0. The number of likely N-dealkylation sites (tertiary alicyclic amines) is 1. The fraction of sp³-hybridized carbons (Fsp3) is 0.227. The number of amides is 1. The third-order valence-corrected chi connectivity index (χ3v) is 5.18. The van der Waals surface area contributed by atoms with Crippen molar-refractivity contribution < 1.29 is 9.59 Å². The van der Waals surface area contributed by atoms with Crippen molar-refractivity contribution >= 4 is 11.7 Å².